The first-order valence-corrected chi connectivity index (χ1v) is 3.86. The van der Waals surface area contributed by atoms with Crippen molar-refractivity contribution in [1.82, 2.24) is 0 Å². The van der Waals surface area contributed by atoms with Crippen molar-refractivity contribution in [2.24, 2.45) is 0 Å². The standard InChI is InChI=1S/C2H5Cl.Na.H3O4P.H/c1-2-3;;1-5(2,3)4;/h2H2,1H3;;(H3,1,2,3,4);. The molecule has 0 atom stereocenters. The van der Waals surface area contributed by atoms with E-state index in [1.54, 1.807) is 0 Å². The molecule has 0 aromatic rings. The van der Waals surface area contributed by atoms with Crippen molar-refractivity contribution in [3.05, 3.63) is 0 Å². The van der Waals surface area contributed by atoms with Crippen LogP contribution in [-0.2, 0) is 4.57 Å². The zero-order chi connectivity index (χ0) is 7.21. The fourth-order valence-corrected chi connectivity index (χ4v) is 0. The van der Waals surface area contributed by atoms with Crippen molar-refractivity contribution >= 4 is 49.0 Å². The fraction of sp³-hybridized carbons (Fsp3) is 1.00. The van der Waals surface area contributed by atoms with E-state index in [-0.39, 0.29) is 29.6 Å². The van der Waals surface area contributed by atoms with Gasteiger partial charge in [0, 0.05) is 5.88 Å². The van der Waals surface area contributed by atoms with Crippen LogP contribution in [0.25, 0.3) is 0 Å². The third-order valence-corrected chi connectivity index (χ3v) is 0. The topological polar surface area (TPSA) is 77.8 Å². The first-order chi connectivity index (χ1) is 3.41. The van der Waals surface area contributed by atoms with Crippen molar-refractivity contribution < 1.29 is 19.2 Å². The van der Waals surface area contributed by atoms with Crippen molar-refractivity contribution in [3.8, 4) is 0 Å². The molecule has 54 valence electrons. The van der Waals surface area contributed by atoms with Gasteiger partial charge in [0.1, 0.15) is 0 Å². The van der Waals surface area contributed by atoms with Crippen LogP contribution in [0, 0.1) is 0 Å². The summed E-state index contributed by atoms with van der Waals surface area (Å²) in [5, 5.41) is 0. The van der Waals surface area contributed by atoms with Gasteiger partial charge >= 0.3 is 37.4 Å². The number of phosphoric acid groups is 1. The van der Waals surface area contributed by atoms with Gasteiger partial charge in [-0.2, -0.15) is 0 Å². The molecular weight excluding hydrogens is 177 g/mol. The monoisotopic (exact) mass is 186 g/mol. The summed E-state index contributed by atoms with van der Waals surface area (Å²) < 4.78 is 8.88. The minimum absolute atomic E-state index is 0. The number of hydrogen-bond donors (Lipinski definition) is 3. The molecule has 0 saturated carbocycles. The Balaban J connectivity index is -0.0000000800. The summed E-state index contributed by atoms with van der Waals surface area (Å²) in [6.45, 7) is 1.89. The van der Waals surface area contributed by atoms with E-state index in [0.29, 0.717) is 0 Å². The Labute approximate surface area is 80.8 Å². The van der Waals surface area contributed by atoms with Crippen molar-refractivity contribution in [2.75, 3.05) is 5.88 Å². The number of halogens is 1. The summed E-state index contributed by atoms with van der Waals surface area (Å²) in [6, 6.07) is 0. The molecule has 0 aromatic heterocycles. The van der Waals surface area contributed by atoms with Crippen LogP contribution in [0.15, 0.2) is 0 Å². The van der Waals surface area contributed by atoms with Crippen LogP contribution in [0.5, 0.6) is 0 Å². The molecule has 0 aliphatic carbocycles. The average molecular weight is 187 g/mol. The van der Waals surface area contributed by atoms with Gasteiger partial charge in [0.2, 0.25) is 0 Å². The third kappa shape index (κ3) is 263. The second-order valence-electron chi connectivity index (χ2n) is 0.781. The molecule has 0 amide bonds. The van der Waals surface area contributed by atoms with E-state index < -0.39 is 7.82 Å². The summed E-state index contributed by atoms with van der Waals surface area (Å²) in [7, 11) is -4.64. The van der Waals surface area contributed by atoms with E-state index in [4.69, 9.17) is 30.8 Å². The van der Waals surface area contributed by atoms with E-state index in [0.717, 1.165) is 5.88 Å². The van der Waals surface area contributed by atoms with Crippen LogP contribution < -0.4 is 0 Å². The van der Waals surface area contributed by atoms with E-state index in [9.17, 15) is 0 Å². The zero-order valence-electron chi connectivity index (χ0n) is 4.28. The van der Waals surface area contributed by atoms with Crippen LogP contribution in [0.3, 0.4) is 0 Å². The zero-order valence-corrected chi connectivity index (χ0v) is 5.93. The van der Waals surface area contributed by atoms with E-state index in [1.165, 1.54) is 0 Å². The molecule has 0 fully saturated rings. The van der Waals surface area contributed by atoms with E-state index in [2.05, 4.69) is 0 Å². The fourth-order valence-electron chi connectivity index (χ4n) is 0. The van der Waals surface area contributed by atoms with Gasteiger partial charge in [0.05, 0.1) is 0 Å². The quantitative estimate of drug-likeness (QED) is 0.275. The van der Waals surface area contributed by atoms with Crippen LogP contribution >= 0.6 is 19.4 Å². The Bertz CT molecular complexity index is 74.4. The van der Waals surface area contributed by atoms with E-state index >= 15 is 0 Å². The summed E-state index contributed by atoms with van der Waals surface area (Å²) in [6.07, 6.45) is 0. The molecule has 4 nitrogen and oxygen atoms in total. The first kappa shape index (κ1) is 16.8. The van der Waals surface area contributed by atoms with Crippen LogP contribution in [0.4, 0.5) is 0 Å². The summed E-state index contributed by atoms with van der Waals surface area (Å²) in [4.78, 5) is 21.6. The molecule has 9 heavy (non-hydrogen) atoms. The Morgan fingerprint density at radius 2 is 1.44 bits per heavy atom. The number of hydrogen-bond acceptors (Lipinski definition) is 1. The second-order valence-corrected chi connectivity index (χ2v) is 2.34. The second kappa shape index (κ2) is 9.40. The molecular formula is C2H9ClNaO4P. The molecule has 0 rings (SSSR count). The predicted molar refractivity (Wildman–Crippen MR) is 37.8 cm³/mol. The third-order valence-electron chi connectivity index (χ3n) is 0. The minimum atomic E-state index is -4.64. The van der Waals surface area contributed by atoms with Gasteiger partial charge in [-0.1, -0.05) is 6.92 Å². The maximum atomic E-state index is 8.88. The molecule has 0 spiro atoms. The summed E-state index contributed by atoms with van der Waals surface area (Å²) in [5.41, 5.74) is 0. The van der Waals surface area contributed by atoms with Gasteiger partial charge in [0.15, 0.2) is 0 Å². The Kier molecular flexibility index (Phi) is 17.5. The Hall–Kier alpha value is 1.40. The van der Waals surface area contributed by atoms with Gasteiger partial charge in [-0.15, -0.1) is 11.6 Å². The van der Waals surface area contributed by atoms with Crippen LogP contribution in [0.2, 0.25) is 0 Å². The summed E-state index contributed by atoms with van der Waals surface area (Å²) >= 11 is 5.00. The van der Waals surface area contributed by atoms with Crippen LogP contribution in [-0.4, -0.2) is 50.1 Å². The first-order valence-electron chi connectivity index (χ1n) is 1.76. The van der Waals surface area contributed by atoms with Gasteiger partial charge in [-0.25, -0.2) is 4.57 Å². The van der Waals surface area contributed by atoms with Crippen molar-refractivity contribution in [2.45, 2.75) is 6.92 Å². The molecule has 0 saturated heterocycles. The van der Waals surface area contributed by atoms with Gasteiger partial charge in [0.25, 0.3) is 0 Å². The average Bonchev–Trinajstić information content (AvgIpc) is 1.27. The molecule has 7 heteroatoms. The molecule has 0 aromatic carbocycles. The molecule has 0 heterocycles. The number of alkyl halides is 1. The summed E-state index contributed by atoms with van der Waals surface area (Å²) in [5.74, 6) is 0.722. The van der Waals surface area contributed by atoms with Gasteiger partial charge in [-0.3, -0.25) is 0 Å². The van der Waals surface area contributed by atoms with Gasteiger partial charge in [-0.05, 0) is 0 Å². The van der Waals surface area contributed by atoms with Crippen LogP contribution in [0.1, 0.15) is 6.92 Å². The SMILES string of the molecule is CCCl.O=P(O)(O)O.[NaH]. The molecule has 0 bridgehead atoms. The molecule has 0 aliphatic heterocycles. The normalized spacial score (nSPS) is 8.56. The molecule has 0 radical (unpaired) electrons. The van der Waals surface area contributed by atoms with Crippen molar-refractivity contribution in [3.63, 3.8) is 0 Å². The number of rotatable bonds is 0. The molecule has 0 aliphatic rings. The maximum absolute atomic E-state index is 8.88. The Morgan fingerprint density at radius 3 is 1.44 bits per heavy atom. The van der Waals surface area contributed by atoms with Crippen molar-refractivity contribution in [1.29, 1.82) is 0 Å². The van der Waals surface area contributed by atoms with Gasteiger partial charge < -0.3 is 14.7 Å². The predicted octanol–water partition coefficient (Wildman–Crippen LogP) is -0.332. The molecule has 0 unspecified atom stereocenters. The Morgan fingerprint density at radius 1 is 1.44 bits per heavy atom. The van der Waals surface area contributed by atoms with E-state index in [1.807, 2.05) is 6.92 Å². The molecule has 3 N–H and O–H groups in total.